The molecule has 0 aliphatic carbocycles. The molecule has 5 nitrogen and oxygen atoms in total. The van der Waals surface area contributed by atoms with E-state index in [0.717, 1.165) is 34.0 Å². The fourth-order valence-electron chi connectivity index (χ4n) is 2.59. The van der Waals surface area contributed by atoms with E-state index in [1.54, 1.807) is 18.6 Å². The Labute approximate surface area is 151 Å². The van der Waals surface area contributed by atoms with Crippen molar-refractivity contribution in [2.24, 2.45) is 0 Å². The minimum absolute atomic E-state index is 0.456. The molecule has 0 unspecified atom stereocenters. The highest BCUT2D eigenvalue weighted by Crippen LogP contribution is 2.21. The first kappa shape index (κ1) is 16.0. The first-order valence-electron chi connectivity index (χ1n) is 8.34. The fourth-order valence-corrected chi connectivity index (χ4v) is 2.59. The molecule has 0 aliphatic rings. The average Bonchev–Trinajstić information content (AvgIpc) is 3.17. The van der Waals surface area contributed by atoms with Gasteiger partial charge >= 0.3 is 0 Å². The summed E-state index contributed by atoms with van der Waals surface area (Å²) in [6, 6.07) is 19.5. The van der Waals surface area contributed by atoms with E-state index in [1.807, 2.05) is 60.7 Å². The number of nitrogens with zero attached hydrogens (tertiary/aromatic N) is 3. The Morgan fingerprint density at radius 2 is 1.81 bits per heavy atom. The number of ether oxygens (including phenoxy) is 1. The molecule has 1 aromatic carbocycles. The van der Waals surface area contributed by atoms with Gasteiger partial charge in [0.15, 0.2) is 5.76 Å². The highest BCUT2D eigenvalue weighted by atomic mass is 16.5. The minimum Gasteiger partial charge on any atom is -0.487 e. The van der Waals surface area contributed by atoms with Crippen molar-refractivity contribution in [3.8, 4) is 17.1 Å². The monoisotopic (exact) mass is 343 g/mol. The van der Waals surface area contributed by atoms with Crippen LogP contribution < -0.4 is 4.74 Å². The van der Waals surface area contributed by atoms with Gasteiger partial charge in [-0.2, -0.15) is 0 Å². The van der Waals surface area contributed by atoms with Gasteiger partial charge < -0.3 is 9.26 Å². The lowest BCUT2D eigenvalue weighted by atomic mass is 10.1. The van der Waals surface area contributed by atoms with Crippen LogP contribution in [-0.2, 0) is 13.0 Å². The van der Waals surface area contributed by atoms with Crippen LogP contribution in [0.25, 0.3) is 11.3 Å². The van der Waals surface area contributed by atoms with E-state index < -0.39 is 0 Å². The van der Waals surface area contributed by atoms with E-state index in [4.69, 9.17) is 9.26 Å². The summed E-state index contributed by atoms with van der Waals surface area (Å²) in [7, 11) is 0. The predicted octanol–water partition coefficient (Wildman–Crippen LogP) is 4.30. The molecule has 0 fully saturated rings. The minimum atomic E-state index is 0.456. The zero-order valence-corrected chi connectivity index (χ0v) is 14.1. The summed E-state index contributed by atoms with van der Waals surface area (Å²) < 4.78 is 11.2. The number of rotatable bonds is 6. The SMILES string of the molecule is c1ccc(COc2ccc(Cc3cc(-c4cccnc4)on3)cc2)nc1. The van der Waals surface area contributed by atoms with Crippen molar-refractivity contribution in [2.45, 2.75) is 13.0 Å². The van der Waals surface area contributed by atoms with Gasteiger partial charge in [0.2, 0.25) is 0 Å². The second kappa shape index (κ2) is 7.61. The quantitative estimate of drug-likeness (QED) is 0.522. The van der Waals surface area contributed by atoms with Gasteiger partial charge in [-0.15, -0.1) is 0 Å². The van der Waals surface area contributed by atoms with Crippen LogP contribution in [0.5, 0.6) is 5.75 Å². The highest BCUT2D eigenvalue weighted by molar-refractivity contribution is 5.55. The smallest absolute Gasteiger partial charge is 0.168 e. The van der Waals surface area contributed by atoms with E-state index in [9.17, 15) is 0 Å². The van der Waals surface area contributed by atoms with E-state index >= 15 is 0 Å². The number of benzene rings is 1. The summed E-state index contributed by atoms with van der Waals surface area (Å²) in [5.74, 6) is 1.54. The third-order valence-corrected chi connectivity index (χ3v) is 3.93. The lowest BCUT2D eigenvalue weighted by Crippen LogP contribution is -1.97. The van der Waals surface area contributed by atoms with Crippen LogP contribution >= 0.6 is 0 Å². The molecule has 5 heteroatoms. The van der Waals surface area contributed by atoms with Gasteiger partial charge in [-0.25, -0.2) is 0 Å². The van der Waals surface area contributed by atoms with Gasteiger partial charge in [-0.1, -0.05) is 23.4 Å². The normalized spacial score (nSPS) is 10.6. The number of pyridine rings is 2. The van der Waals surface area contributed by atoms with Crippen molar-refractivity contribution >= 4 is 0 Å². The Balaban J connectivity index is 1.38. The van der Waals surface area contributed by atoms with E-state index in [0.29, 0.717) is 13.0 Å². The number of hydrogen-bond donors (Lipinski definition) is 0. The van der Waals surface area contributed by atoms with Crippen molar-refractivity contribution in [2.75, 3.05) is 0 Å². The summed E-state index contributed by atoms with van der Waals surface area (Å²) >= 11 is 0. The zero-order chi connectivity index (χ0) is 17.6. The molecular weight excluding hydrogens is 326 g/mol. The third-order valence-electron chi connectivity index (χ3n) is 3.93. The van der Waals surface area contributed by atoms with Gasteiger partial charge in [0, 0.05) is 36.6 Å². The Hall–Kier alpha value is -3.47. The molecule has 0 radical (unpaired) electrons. The Morgan fingerprint density at radius 3 is 2.58 bits per heavy atom. The van der Waals surface area contributed by atoms with E-state index in [2.05, 4.69) is 15.1 Å². The molecule has 0 saturated carbocycles. The second-order valence-corrected chi connectivity index (χ2v) is 5.85. The standard InChI is InChI=1S/C21H17N3O2/c1-2-11-23-18(5-1)15-25-20-8-6-16(7-9-20)12-19-13-21(26-24-19)17-4-3-10-22-14-17/h1-11,13-14H,12,15H2. The molecule has 4 aromatic rings. The van der Waals surface area contributed by atoms with Crippen molar-refractivity contribution in [1.82, 2.24) is 15.1 Å². The molecule has 0 aliphatic heterocycles. The molecule has 0 N–H and O–H groups in total. The number of aromatic nitrogens is 3. The van der Waals surface area contributed by atoms with Gasteiger partial charge in [0.1, 0.15) is 12.4 Å². The molecule has 128 valence electrons. The van der Waals surface area contributed by atoms with Crippen molar-refractivity contribution in [1.29, 1.82) is 0 Å². The molecule has 0 bridgehead atoms. The molecule has 0 saturated heterocycles. The van der Waals surface area contributed by atoms with Gasteiger partial charge in [0.05, 0.1) is 11.4 Å². The summed E-state index contributed by atoms with van der Waals surface area (Å²) in [6.07, 6.45) is 5.96. The summed E-state index contributed by atoms with van der Waals surface area (Å²) in [5.41, 5.74) is 3.85. The third kappa shape index (κ3) is 3.95. The maximum atomic E-state index is 5.76. The second-order valence-electron chi connectivity index (χ2n) is 5.85. The van der Waals surface area contributed by atoms with Crippen LogP contribution in [0.3, 0.4) is 0 Å². The van der Waals surface area contributed by atoms with Crippen molar-refractivity contribution in [3.05, 3.63) is 96.2 Å². The highest BCUT2D eigenvalue weighted by Gasteiger charge is 2.07. The molecule has 0 atom stereocenters. The lowest BCUT2D eigenvalue weighted by Gasteiger charge is -2.06. The van der Waals surface area contributed by atoms with Crippen LogP contribution in [-0.4, -0.2) is 15.1 Å². The largest absolute Gasteiger partial charge is 0.487 e. The Bertz CT molecular complexity index is 951. The molecule has 0 amide bonds. The summed E-state index contributed by atoms with van der Waals surface area (Å²) in [4.78, 5) is 8.34. The van der Waals surface area contributed by atoms with Crippen LogP contribution in [0.1, 0.15) is 17.0 Å². The van der Waals surface area contributed by atoms with Crippen LogP contribution in [0.15, 0.2) is 83.8 Å². The van der Waals surface area contributed by atoms with Gasteiger partial charge in [-0.3, -0.25) is 9.97 Å². The molecule has 26 heavy (non-hydrogen) atoms. The van der Waals surface area contributed by atoms with Crippen LogP contribution in [0.4, 0.5) is 0 Å². The predicted molar refractivity (Wildman–Crippen MR) is 97.6 cm³/mol. The molecule has 3 heterocycles. The molecule has 0 spiro atoms. The van der Waals surface area contributed by atoms with Gasteiger partial charge in [0.25, 0.3) is 0 Å². The van der Waals surface area contributed by atoms with E-state index in [1.165, 1.54) is 0 Å². The van der Waals surface area contributed by atoms with Crippen molar-refractivity contribution < 1.29 is 9.26 Å². The molecule has 3 aromatic heterocycles. The first-order chi connectivity index (χ1) is 12.9. The topological polar surface area (TPSA) is 61.0 Å². The summed E-state index contributed by atoms with van der Waals surface area (Å²) in [6.45, 7) is 0.456. The van der Waals surface area contributed by atoms with Crippen LogP contribution in [0.2, 0.25) is 0 Å². The number of hydrogen-bond acceptors (Lipinski definition) is 5. The summed E-state index contributed by atoms with van der Waals surface area (Å²) in [5, 5.41) is 4.14. The maximum Gasteiger partial charge on any atom is 0.168 e. The van der Waals surface area contributed by atoms with Crippen molar-refractivity contribution in [3.63, 3.8) is 0 Å². The maximum absolute atomic E-state index is 5.76. The first-order valence-corrected chi connectivity index (χ1v) is 8.34. The lowest BCUT2D eigenvalue weighted by molar-refractivity contribution is 0.301. The zero-order valence-electron chi connectivity index (χ0n) is 14.1. The average molecular weight is 343 g/mol. The Kier molecular flexibility index (Phi) is 4.69. The molecular formula is C21H17N3O2. The van der Waals surface area contributed by atoms with Crippen LogP contribution in [0, 0.1) is 0 Å². The Morgan fingerprint density at radius 1 is 0.885 bits per heavy atom. The molecule has 4 rings (SSSR count). The van der Waals surface area contributed by atoms with Gasteiger partial charge in [-0.05, 0) is 42.0 Å². The van der Waals surface area contributed by atoms with E-state index in [-0.39, 0.29) is 0 Å². The fraction of sp³-hybridized carbons (Fsp3) is 0.0952.